The number of phenolic OH excluding ortho intramolecular Hbond substituents is 3. The fourth-order valence-electron chi connectivity index (χ4n) is 4.40. The molecular formula is C29H22N2O8S. The molecule has 10 nitrogen and oxygen atoms in total. The number of aliphatic hydroxyl groups excluding tert-OH is 1. The number of thiocarbonyl (C=S) groups is 1. The number of phenols is 3. The smallest absolute Gasteiger partial charge is 0.336 e. The number of carboxylic acid groups (broad SMARTS) is 1. The number of aromatic hydroxyl groups is 3. The maximum atomic E-state index is 12.4. The van der Waals surface area contributed by atoms with Crippen LogP contribution in [-0.4, -0.2) is 43.2 Å². The van der Waals surface area contributed by atoms with Crippen molar-refractivity contribution in [2.75, 3.05) is 11.9 Å². The Balaban J connectivity index is 1.46. The molecule has 0 spiro atoms. The number of fused-ring (bicyclic) bond motifs is 2. The summed E-state index contributed by atoms with van der Waals surface area (Å²) >= 11 is 5.30. The van der Waals surface area contributed by atoms with E-state index in [1.165, 1.54) is 48.5 Å². The first-order valence-electron chi connectivity index (χ1n) is 11.9. The zero-order valence-corrected chi connectivity index (χ0v) is 21.4. The highest BCUT2D eigenvalue weighted by Crippen LogP contribution is 2.42. The monoisotopic (exact) mass is 558 g/mol. The highest BCUT2D eigenvalue weighted by atomic mass is 32.1. The zero-order valence-electron chi connectivity index (χ0n) is 20.6. The van der Waals surface area contributed by atoms with E-state index in [9.17, 15) is 35.1 Å². The minimum absolute atomic E-state index is 0.0278. The summed E-state index contributed by atoms with van der Waals surface area (Å²) in [7, 11) is 0. The summed E-state index contributed by atoms with van der Waals surface area (Å²) < 4.78 is 5.85. The van der Waals surface area contributed by atoms with Gasteiger partial charge in [0, 0.05) is 40.9 Å². The molecule has 1 atom stereocenters. The summed E-state index contributed by atoms with van der Waals surface area (Å²) in [5.41, 5.74) is 2.05. The van der Waals surface area contributed by atoms with E-state index in [0.29, 0.717) is 33.3 Å². The SMILES string of the molecule is O=C(O)c1cc(NC(=S)NC[C@H](O)c2ccc(O)c(O)c2)ccc1-c1c2ccc(=O)cc-2oc2cc(O)ccc12. The predicted molar refractivity (Wildman–Crippen MR) is 152 cm³/mol. The van der Waals surface area contributed by atoms with Crippen LogP contribution in [0.3, 0.4) is 0 Å². The van der Waals surface area contributed by atoms with E-state index in [1.807, 2.05) is 0 Å². The van der Waals surface area contributed by atoms with Crippen molar-refractivity contribution in [3.8, 4) is 39.7 Å². The molecule has 3 aromatic rings. The Morgan fingerprint density at radius 3 is 2.42 bits per heavy atom. The minimum Gasteiger partial charge on any atom is -0.508 e. The molecule has 202 valence electrons. The van der Waals surface area contributed by atoms with Gasteiger partial charge in [0.25, 0.3) is 0 Å². The minimum atomic E-state index is -1.21. The Morgan fingerprint density at radius 2 is 1.68 bits per heavy atom. The standard InChI is InChI=1S/C29H22N2O8S/c32-16-3-6-19-25(11-16)39-26-12-17(33)4-7-20(26)27(19)18-5-2-15(10-21(18)28(37)38)31-29(40)30-13-24(36)14-1-8-22(34)23(35)9-14/h1-12,24,32,34-36H,13H2,(H,37,38)(H2,30,31,40)/t24-/m0/s1. The van der Waals surface area contributed by atoms with Crippen LogP contribution >= 0.6 is 12.2 Å². The third-order valence-corrected chi connectivity index (χ3v) is 6.54. The van der Waals surface area contributed by atoms with Crippen LogP contribution in [0, 0.1) is 0 Å². The normalized spacial score (nSPS) is 11.8. The molecular weight excluding hydrogens is 536 g/mol. The quantitative estimate of drug-likeness (QED) is 0.0894. The molecule has 11 heteroatoms. The van der Waals surface area contributed by atoms with E-state index in [1.54, 1.807) is 24.3 Å². The molecule has 7 N–H and O–H groups in total. The van der Waals surface area contributed by atoms with Crippen molar-refractivity contribution in [1.29, 1.82) is 0 Å². The van der Waals surface area contributed by atoms with E-state index in [-0.39, 0.29) is 51.2 Å². The van der Waals surface area contributed by atoms with Crippen molar-refractivity contribution in [1.82, 2.24) is 5.32 Å². The lowest BCUT2D eigenvalue weighted by Gasteiger charge is -2.18. The molecule has 0 saturated carbocycles. The number of benzene rings is 4. The highest BCUT2D eigenvalue weighted by Gasteiger charge is 2.22. The van der Waals surface area contributed by atoms with E-state index in [0.717, 1.165) is 0 Å². The molecule has 0 bridgehead atoms. The third kappa shape index (κ3) is 5.23. The number of nitrogens with one attached hydrogen (secondary N) is 2. The number of hydrogen-bond donors (Lipinski definition) is 7. The summed E-state index contributed by atoms with van der Waals surface area (Å²) in [6.45, 7) is -0.0278. The summed E-state index contributed by atoms with van der Waals surface area (Å²) in [6.07, 6.45) is -1.05. The number of aromatic carboxylic acids is 1. The maximum Gasteiger partial charge on any atom is 0.336 e. The van der Waals surface area contributed by atoms with Crippen LogP contribution in [0.2, 0.25) is 0 Å². The van der Waals surface area contributed by atoms with Crippen LogP contribution in [0.5, 0.6) is 17.2 Å². The predicted octanol–water partition coefficient (Wildman–Crippen LogP) is 4.40. The Morgan fingerprint density at radius 1 is 0.900 bits per heavy atom. The Hall–Kier alpha value is -5.13. The summed E-state index contributed by atoms with van der Waals surface area (Å²) in [6, 6.07) is 17.3. The van der Waals surface area contributed by atoms with Gasteiger partial charge in [0.05, 0.1) is 11.7 Å². The molecule has 2 aliphatic rings. The zero-order chi connectivity index (χ0) is 28.6. The second-order valence-electron chi connectivity index (χ2n) is 8.98. The molecule has 3 aromatic carbocycles. The fourth-order valence-corrected chi connectivity index (χ4v) is 4.60. The number of carbonyl (C=O) groups is 1. The van der Waals surface area contributed by atoms with Gasteiger partial charge in [-0.1, -0.05) is 12.1 Å². The molecule has 1 aliphatic heterocycles. The first-order valence-corrected chi connectivity index (χ1v) is 12.3. The van der Waals surface area contributed by atoms with Gasteiger partial charge in [-0.15, -0.1) is 0 Å². The molecule has 0 saturated heterocycles. The van der Waals surface area contributed by atoms with Crippen LogP contribution in [-0.2, 0) is 0 Å². The molecule has 1 heterocycles. The first-order chi connectivity index (χ1) is 19.1. The fraction of sp³-hybridized carbons (Fsp3) is 0.0690. The van der Waals surface area contributed by atoms with Crippen molar-refractivity contribution in [2.45, 2.75) is 6.10 Å². The van der Waals surface area contributed by atoms with Gasteiger partial charge >= 0.3 is 5.97 Å². The maximum absolute atomic E-state index is 12.4. The van der Waals surface area contributed by atoms with Gasteiger partial charge in [0.1, 0.15) is 17.1 Å². The first kappa shape index (κ1) is 26.5. The van der Waals surface area contributed by atoms with E-state index >= 15 is 0 Å². The van der Waals surface area contributed by atoms with E-state index in [2.05, 4.69) is 10.6 Å². The Bertz CT molecular complexity index is 1820. The lowest BCUT2D eigenvalue weighted by Crippen LogP contribution is -2.32. The second kappa shape index (κ2) is 10.6. The number of hydrogen-bond acceptors (Lipinski definition) is 8. The highest BCUT2D eigenvalue weighted by molar-refractivity contribution is 7.80. The van der Waals surface area contributed by atoms with Crippen molar-refractivity contribution in [3.05, 3.63) is 94.1 Å². The molecule has 40 heavy (non-hydrogen) atoms. The lowest BCUT2D eigenvalue weighted by molar-refractivity contribution is 0.0697. The van der Waals surface area contributed by atoms with Gasteiger partial charge in [-0.2, -0.15) is 0 Å². The molecule has 5 rings (SSSR count). The van der Waals surface area contributed by atoms with Gasteiger partial charge in [0.2, 0.25) is 0 Å². The van der Waals surface area contributed by atoms with Crippen molar-refractivity contribution < 1.29 is 34.7 Å². The van der Waals surface area contributed by atoms with Gasteiger partial charge in [-0.25, -0.2) is 4.79 Å². The molecule has 0 radical (unpaired) electrons. The van der Waals surface area contributed by atoms with Crippen molar-refractivity contribution >= 4 is 40.0 Å². The number of anilines is 1. The van der Waals surface area contributed by atoms with Crippen LogP contribution in [0.25, 0.3) is 33.4 Å². The lowest BCUT2D eigenvalue weighted by atomic mass is 9.90. The van der Waals surface area contributed by atoms with Gasteiger partial charge in [-0.3, -0.25) is 4.79 Å². The largest absolute Gasteiger partial charge is 0.508 e. The van der Waals surface area contributed by atoms with Crippen LogP contribution < -0.4 is 16.1 Å². The second-order valence-corrected chi connectivity index (χ2v) is 9.39. The molecule has 0 amide bonds. The summed E-state index contributed by atoms with van der Waals surface area (Å²) in [5, 5.41) is 55.9. The number of carboxylic acids is 1. The summed E-state index contributed by atoms with van der Waals surface area (Å²) in [5.74, 6) is -1.69. The molecule has 0 fully saturated rings. The van der Waals surface area contributed by atoms with Crippen molar-refractivity contribution in [3.63, 3.8) is 0 Å². The van der Waals surface area contributed by atoms with E-state index < -0.39 is 12.1 Å². The number of rotatable bonds is 6. The van der Waals surface area contributed by atoms with Gasteiger partial charge in [0.15, 0.2) is 22.0 Å². The molecule has 0 unspecified atom stereocenters. The molecule has 1 aliphatic carbocycles. The third-order valence-electron chi connectivity index (χ3n) is 6.29. The van der Waals surface area contributed by atoms with Gasteiger partial charge < -0.3 is 40.6 Å². The Kier molecular flexibility index (Phi) is 6.99. The van der Waals surface area contributed by atoms with Crippen LogP contribution in [0.15, 0.2) is 82.0 Å². The van der Waals surface area contributed by atoms with Crippen molar-refractivity contribution in [2.24, 2.45) is 0 Å². The number of aliphatic hydroxyl groups is 1. The average Bonchev–Trinajstić information content (AvgIpc) is 2.91. The van der Waals surface area contributed by atoms with Crippen LogP contribution in [0.4, 0.5) is 5.69 Å². The van der Waals surface area contributed by atoms with Gasteiger partial charge in [-0.05, 0) is 71.9 Å². The van der Waals surface area contributed by atoms with Crippen LogP contribution in [0.1, 0.15) is 22.0 Å². The topological polar surface area (TPSA) is 172 Å². The molecule has 0 aromatic heterocycles. The van der Waals surface area contributed by atoms with E-state index in [4.69, 9.17) is 16.6 Å². The average molecular weight is 559 g/mol. The summed E-state index contributed by atoms with van der Waals surface area (Å²) in [4.78, 5) is 24.4. The Labute approximate surface area is 231 Å².